The minimum absolute atomic E-state index is 0.200. The lowest BCUT2D eigenvalue weighted by molar-refractivity contribution is 0.108. The first-order valence-electron chi connectivity index (χ1n) is 6.45. The summed E-state index contributed by atoms with van der Waals surface area (Å²) in [6, 6.07) is 14.9. The summed E-state index contributed by atoms with van der Waals surface area (Å²) < 4.78 is 10.7. The second-order valence-corrected chi connectivity index (χ2v) is 4.38. The van der Waals surface area contributed by atoms with Gasteiger partial charge in [-0.15, -0.1) is 0 Å². The molecule has 0 saturated heterocycles. The Balaban J connectivity index is 1.95. The highest BCUT2D eigenvalue weighted by Crippen LogP contribution is 2.21. The highest BCUT2D eigenvalue weighted by molar-refractivity contribution is 5.45. The van der Waals surface area contributed by atoms with Crippen LogP contribution in [0.5, 0.6) is 11.5 Å². The molecule has 0 amide bonds. The fourth-order valence-electron chi connectivity index (χ4n) is 1.84. The van der Waals surface area contributed by atoms with Crippen molar-refractivity contribution < 1.29 is 14.6 Å². The van der Waals surface area contributed by atoms with Gasteiger partial charge in [-0.2, -0.15) is 0 Å². The summed E-state index contributed by atoms with van der Waals surface area (Å²) in [7, 11) is 3.47. The molecule has 0 fully saturated rings. The fourth-order valence-corrected chi connectivity index (χ4v) is 1.84. The molecule has 0 radical (unpaired) electrons. The molecule has 1 atom stereocenters. The van der Waals surface area contributed by atoms with E-state index >= 15 is 0 Å². The predicted octanol–water partition coefficient (Wildman–Crippen LogP) is 2.85. The molecule has 0 heterocycles. The van der Waals surface area contributed by atoms with Crippen molar-refractivity contribution in [3.8, 4) is 11.5 Å². The Morgan fingerprint density at radius 1 is 1.10 bits per heavy atom. The molecule has 0 bridgehead atoms. The number of nitrogens with one attached hydrogen (secondary N) is 1. The highest BCUT2D eigenvalue weighted by Gasteiger charge is 2.09. The number of aliphatic hydroxyl groups is 1. The molecule has 20 heavy (non-hydrogen) atoms. The van der Waals surface area contributed by atoms with Crippen molar-refractivity contribution in [2.24, 2.45) is 0 Å². The van der Waals surface area contributed by atoms with Gasteiger partial charge in [-0.3, -0.25) is 0 Å². The molecule has 0 aliphatic rings. The quantitative estimate of drug-likeness (QED) is 0.849. The van der Waals surface area contributed by atoms with Crippen LogP contribution in [0.15, 0.2) is 48.5 Å². The van der Waals surface area contributed by atoms with Gasteiger partial charge < -0.3 is 19.9 Å². The molecule has 4 nitrogen and oxygen atoms in total. The van der Waals surface area contributed by atoms with Crippen LogP contribution in [0.25, 0.3) is 0 Å². The maximum Gasteiger partial charge on any atom is 0.119 e. The number of rotatable bonds is 6. The minimum Gasteiger partial charge on any atom is -0.497 e. The lowest BCUT2D eigenvalue weighted by Gasteiger charge is -2.13. The van der Waals surface area contributed by atoms with Crippen molar-refractivity contribution in [2.75, 3.05) is 26.1 Å². The Labute approximate surface area is 119 Å². The molecule has 0 spiro atoms. The maximum atomic E-state index is 10.1. The normalized spacial score (nSPS) is 11.8. The monoisotopic (exact) mass is 273 g/mol. The zero-order chi connectivity index (χ0) is 14.4. The summed E-state index contributed by atoms with van der Waals surface area (Å²) in [5, 5.41) is 13.1. The van der Waals surface area contributed by atoms with Gasteiger partial charge in [0.2, 0.25) is 0 Å². The lowest BCUT2D eigenvalue weighted by atomic mass is 10.1. The van der Waals surface area contributed by atoms with Crippen LogP contribution in [-0.2, 0) is 0 Å². The van der Waals surface area contributed by atoms with Gasteiger partial charge >= 0.3 is 0 Å². The summed E-state index contributed by atoms with van der Waals surface area (Å²) in [4.78, 5) is 0. The maximum absolute atomic E-state index is 10.1. The molecule has 2 N–H and O–H groups in total. The minimum atomic E-state index is -0.686. The number of hydrogen-bond donors (Lipinski definition) is 2. The molecular formula is C16H19NO3. The van der Waals surface area contributed by atoms with E-state index in [-0.39, 0.29) is 6.61 Å². The van der Waals surface area contributed by atoms with Gasteiger partial charge in [0.1, 0.15) is 24.2 Å². The average molecular weight is 273 g/mol. The molecule has 1 unspecified atom stereocenters. The standard InChI is InChI=1S/C16H19NO3/c1-17-13-6-8-14(9-7-13)20-11-16(18)12-4-3-5-15(10-12)19-2/h3-10,16-18H,11H2,1-2H3. The van der Waals surface area contributed by atoms with Crippen molar-refractivity contribution in [3.05, 3.63) is 54.1 Å². The van der Waals surface area contributed by atoms with E-state index in [1.54, 1.807) is 13.2 Å². The van der Waals surface area contributed by atoms with E-state index in [9.17, 15) is 5.11 Å². The second kappa shape index (κ2) is 6.82. The van der Waals surface area contributed by atoms with E-state index in [4.69, 9.17) is 9.47 Å². The smallest absolute Gasteiger partial charge is 0.119 e. The van der Waals surface area contributed by atoms with Crippen molar-refractivity contribution in [1.82, 2.24) is 0 Å². The number of methoxy groups -OCH3 is 1. The number of ether oxygens (including phenoxy) is 2. The van der Waals surface area contributed by atoms with Crippen LogP contribution < -0.4 is 14.8 Å². The van der Waals surface area contributed by atoms with E-state index in [0.717, 1.165) is 22.7 Å². The second-order valence-electron chi connectivity index (χ2n) is 4.38. The van der Waals surface area contributed by atoms with Crippen LogP contribution in [0.2, 0.25) is 0 Å². The topological polar surface area (TPSA) is 50.7 Å². The van der Waals surface area contributed by atoms with Gasteiger partial charge in [0.25, 0.3) is 0 Å². The third-order valence-corrected chi connectivity index (χ3v) is 3.03. The van der Waals surface area contributed by atoms with Crippen LogP contribution in [0.1, 0.15) is 11.7 Å². The Morgan fingerprint density at radius 2 is 1.85 bits per heavy atom. The number of anilines is 1. The van der Waals surface area contributed by atoms with Crippen LogP contribution in [0.3, 0.4) is 0 Å². The molecule has 0 aromatic heterocycles. The zero-order valence-corrected chi connectivity index (χ0v) is 11.7. The average Bonchev–Trinajstić information content (AvgIpc) is 2.53. The third-order valence-electron chi connectivity index (χ3n) is 3.03. The van der Waals surface area contributed by atoms with Gasteiger partial charge in [0, 0.05) is 12.7 Å². The van der Waals surface area contributed by atoms with Gasteiger partial charge in [-0.05, 0) is 42.0 Å². The van der Waals surface area contributed by atoms with Crippen molar-refractivity contribution >= 4 is 5.69 Å². The van der Waals surface area contributed by atoms with Crippen molar-refractivity contribution in [2.45, 2.75) is 6.10 Å². The van der Waals surface area contributed by atoms with E-state index in [0.29, 0.717) is 0 Å². The molecule has 4 heteroatoms. The van der Waals surface area contributed by atoms with Crippen molar-refractivity contribution in [3.63, 3.8) is 0 Å². The lowest BCUT2D eigenvalue weighted by Crippen LogP contribution is -2.09. The van der Waals surface area contributed by atoms with E-state index in [2.05, 4.69) is 5.32 Å². The molecular weight excluding hydrogens is 254 g/mol. The van der Waals surface area contributed by atoms with Crippen LogP contribution in [0.4, 0.5) is 5.69 Å². The molecule has 2 aromatic carbocycles. The fraction of sp³-hybridized carbons (Fsp3) is 0.250. The van der Waals surface area contributed by atoms with Crippen LogP contribution in [0, 0.1) is 0 Å². The van der Waals surface area contributed by atoms with Crippen molar-refractivity contribution in [1.29, 1.82) is 0 Å². The molecule has 2 aromatic rings. The number of benzene rings is 2. The van der Waals surface area contributed by atoms with Crippen LogP contribution >= 0.6 is 0 Å². The predicted molar refractivity (Wildman–Crippen MR) is 79.4 cm³/mol. The SMILES string of the molecule is CNc1ccc(OCC(O)c2cccc(OC)c2)cc1. The van der Waals surface area contributed by atoms with Gasteiger partial charge in [-0.25, -0.2) is 0 Å². The first kappa shape index (κ1) is 14.2. The Kier molecular flexibility index (Phi) is 4.85. The van der Waals surface area contributed by atoms with E-state index in [1.165, 1.54) is 0 Å². The number of hydrogen-bond acceptors (Lipinski definition) is 4. The number of aliphatic hydroxyl groups excluding tert-OH is 1. The Hall–Kier alpha value is -2.20. The largest absolute Gasteiger partial charge is 0.497 e. The first-order chi connectivity index (χ1) is 9.72. The van der Waals surface area contributed by atoms with Gasteiger partial charge in [0.05, 0.1) is 7.11 Å². The summed E-state index contributed by atoms with van der Waals surface area (Å²) in [5.74, 6) is 1.45. The first-order valence-corrected chi connectivity index (χ1v) is 6.45. The zero-order valence-electron chi connectivity index (χ0n) is 11.7. The molecule has 0 aliphatic heterocycles. The Bertz CT molecular complexity index is 540. The van der Waals surface area contributed by atoms with Gasteiger partial charge in [-0.1, -0.05) is 12.1 Å². The molecule has 0 aliphatic carbocycles. The molecule has 106 valence electrons. The van der Waals surface area contributed by atoms with E-state index in [1.807, 2.05) is 49.5 Å². The summed E-state index contributed by atoms with van der Waals surface area (Å²) >= 11 is 0. The summed E-state index contributed by atoms with van der Waals surface area (Å²) in [5.41, 5.74) is 1.79. The van der Waals surface area contributed by atoms with Gasteiger partial charge in [0.15, 0.2) is 0 Å². The summed E-state index contributed by atoms with van der Waals surface area (Å²) in [6.45, 7) is 0.200. The highest BCUT2D eigenvalue weighted by atomic mass is 16.5. The third kappa shape index (κ3) is 3.65. The van der Waals surface area contributed by atoms with E-state index < -0.39 is 6.10 Å². The van der Waals surface area contributed by atoms with Crippen LogP contribution in [-0.4, -0.2) is 25.9 Å². The Morgan fingerprint density at radius 3 is 2.50 bits per heavy atom. The molecule has 0 saturated carbocycles. The summed E-state index contributed by atoms with van der Waals surface area (Å²) in [6.07, 6.45) is -0.686. The molecule has 2 rings (SSSR count).